The van der Waals surface area contributed by atoms with Crippen LogP contribution in [0.5, 0.6) is 0 Å². The van der Waals surface area contributed by atoms with Gasteiger partial charge in [-0.05, 0) is 19.1 Å². The van der Waals surface area contributed by atoms with Crippen molar-refractivity contribution >= 4 is 23.4 Å². The zero-order valence-electron chi connectivity index (χ0n) is 17.7. The van der Waals surface area contributed by atoms with Crippen molar-refractivity contribution in [3.63, 3.8) is 0 Å². The molecule has 0 radical (unpaired) electrons. The number of halogens is 1. The largest absolute Gasteiger partial charge is 0.368 e. The Morgan fingerprint density at radius 1 is 1.28 bits per heavy atom. The number of piperazine rings is 1. The summed E-state index contributed by atoms with van der Waals surface area (Å²) < 4.78 is 18.3. The quantitative estimate of drug-likeness (QED) is 0.512. The number of carbonyl (C=O) groups excluding carboxylic acids is 1. The molecule has 3 aromatic heterocycles. The molecule has 0 saturated carbocycles. The Balaban J connectivity index is 1.32. The van der Waals surface area contributed by atoms with Crippen LogP contribution in [0.2, 0.25) is 0 Å². The standard InChI is InChI=1S/C20H23FN8O3/c1-12-16(4-3-15(24-12)19(31)22-2)29-7-5-28(6-8-29)11-13-9-17(32-27-13)25-20-23-10-14(21)18(30)26-20/h3-4,9-10H,5-8,11H2,1-2H3,(H,22,31)(H2,23,25,26,30). The second kappa shape index (κ2) is 9.14. The van der Waals surface area contributed by atoms with E-state index in [1.54, 1.807) is 19.2 Å². The summed E-state index contributed by atoms with van der Waals surface area (Å²) in [5.41, 5.74) is 2.10. The van der Waals surface area contributed by atoms with E-state index in [4.69, 9.17) is 4.52 Å². The Bertz CT molecular complexity index is 1170. The number of H-pyrrole nitrogens is 1. The summed E-state index contributed by atoms with van der Waals surface area (Å²) in [5.74, 6) is -0.792. The first-order chi connectivity index (χ1) is 15.4. The molecule has 168 valence electrons. The van der Waals surface area contributed by atoms with E-state index in [-0.39, 0.29) is 11.9 Å². The van der Waals surface area contributed by atoms with Gasteiger partial charge in [0, 0.05) is 45.8 Å². The Morgan fingerprint density at radius 2 is 2.06 bits per heavy atom. The topological polar surface area (TPSA) is 132 Å². The van der Waals surface area contributed by atoms with Crippen molar-refractivity contribution in [2.45, 2.75) is 13.5 Å². The Labute approximate surface area is 182 Å². The van der Waals surface area contributed by atoms with Crippen LogP contribution < -0.4 is 21.1 Å². The SMILES string of the molecule is CNC(=O)c1ccc(N2CCN(Cc3cc(Nc4ncc(F)c(=O)[nH]4)on3)CC2)c(C)n1. The van der Waals surface area contributed by atoms with E-state index < -0.39 is 11.4 Å². The van der Waals surface area contributed by atoms with Crippen LogP contribution in [0.4, 0.5) is 21.9 Å². The van der Waals surface area contributed by atoms with Crippen LogP contribution in [0.1, 0.15) is 21.9 Å². The molecular weight excluding hydrogens is 419 g/mol. The molecule has 0 unspecified atom stereocenters. The van der Waals surface area contributed by atoms with Gasteiger partial charge >= 0.3 is 0 Å². The fourth-order valence-electron chi connectivity index (χ4n) is 3.52. The monoisotopic (exact) mass is 442 g/mol. The molecule has 0 aromatic carbocycles. The number of anilines is 3. The molecule has 11 nitrogen and oxygen atoms in total. The number of nitrogens with one attached hydrogen (secondary N) is 3. The second-order valence-electron chi connectivity index (χ2n) is 7.36. The predicted molar refractivity (Wildman–Crippen MR) is 114 cm³/mol. The number of rotatable bonds is 6. The van der Waals surface area contributed by atoms with Gasteiger partial charge in [-0.2, -0.15) is 4.39 Å². The Hall–Kier alpha value is -3.80. The molecule has 0 spiro atoms. The van der Waals surface area contributed by atoms with E-state index in [9.17, 15) is 14.0 Å². The highest BCUT2D eigenvalue weighted by molar-refractivity contribution is 5.92. The minimum absolute atomic E-state index is 0.0686. The molecular formula is C20H23FN8O3. The molecule has 12 heteroatoms. The van der Waals surface area contributed by atoms with E-state index in [0.29, 0.717) is 18.1 Å². The van der Waals surface area contributed by atoms with Crippen LogP contribution in [-0.4, -0.2) is 64.1 Å². The van der Waals surface area contributed by atoms with Gasteiger partial charge in [-0.15, -0.1) is 0 Å². The number of carbonyl (C=O) groups is 1. The predicted octanol–water partition coefficient (Wildman–Crippen LogP) is 1.03. The summed E-state index contributed by atoms with van der Waals surface area (Å²) in [6.07, 6.45) is 0.835. The molecule has 0 atom stereocenters. The Morgan fingerprint density at radius 3 is 2.75 bits per heavy atom. The van der Waals surface area contributed by atoms with Crippen LogP contribution in [0.25, 0.3) is 0 Å². The molecule has 32 heavy (non-hydrogen) atoms. The van der Waals surface area contributed by atoms with Crippen molar-refractivity contribution in [2.75, 3.05) is 43.4 Å². The summed E-state index contributed by atoms with van der Waals surface area (Å²) in [6.45, 7) is 5.76. The molecule has 4 heterocycles. The fourth-order valence-corrected chi connectivity index (χ4v) is 3.52. The summed E-state index contributed by atoms with van der Waals surface area (Å²) in [6, 6.07) is 5.38. The molecule has 3 N–H and O–H groups in total. The number of aromatic nitrogens is 4. The van der Waals surface area contributed by atoms with Gasteiger partial charge in [0.1, 0.15) is 5.69 Å². The molecule has 1 saturated heterocycles. The van der Waals surface area contributed by atoms with Gasteiger partial charge in [0.05, 0.1) is 23.3 Å². The van der Waals surface area contributed by atoms with Gasteiger partial charge in [-0.25, -0.2) is 9.97 Å². The number of pyridine rings is 1. The van der Waals surface area contributed by atoms with E-state index in [0.717, 1.165) is 49.5 Å². The highest BCUT2D eigenvalue weighted by Crippen LogP contribution is 2.22. The number of hydrogen-bond donors (Lipinski definition) is 3. The third kappa shape index (κ3) is 4.75. The van der Waals surface area contributed by atoms with Crippen molar-refractivity contribution in [3.05, 3.63) is 57.6 Å². The van der Waals surface area contributed by atoms with Crippen LogP contribution in [0.15, 0.2) is 33.7 Å². The van der Waals surface area contributed by atoms with Crippen LogP contribution >= 0.6 is 0 Å². The van der Waals surface area contributed by atoms with Crippen molar-refractivity contribution in [3.8, 4) is 0 Å². The lowest BCUT2D eigenvalue weighted by molar-refractivity contribution is 0.0958. The maximum absolute atomic E-state index is 13.0. The molecule has 0 bridgehead atoms. The van der Waals surface area contributed by atoms with Crippen LogP contribution in [0.3, 0.4) is 0 Å². The first-order valence-corrected chi connectivity index (χ1v) is 10.1. The number of amides is 1. The Kier molecular flexibility index (Phi) is 6.12. The number of aromatic amines is 1. The van der Waals surface area contributed by atoms with Crippen molar-refractivity contribution in [1.29, 1.82) is 0 Å². The van der Waals surface area contributed by atoms with Gasteiger partial charge in [0.15, 0.2) is 0 Å². The van der Waals surface area contributed by atoms with Crippen molar-refractivity contribution < 1.29 is 13.7 Å². The summed E-state index contributed by atoms with van der Waals surface area (Å²) in [7, 11) is 1.58. The van der Waals surface area contributed by atoms with Gasteiger partial charge in [0.25, 0.3) is 11.5 Å². The summed E-state index contributed by atoms with van der Waals surface area (Å²) >= 11 is 0. The molecule has 1 fully saturated rings. The smallest absolute Gasteiger partial charge is 0.288 e. The molecule has 1 aliphatic rings. The van der Waals surface area contributed by atoms with Crippen molar-refractivity contribution in [1.82, 2.24) is 30.3 Å². The second-order valence-corrected chi connectivity index (χ2v) is 7.36. The minimum Gasteiger partial charge on any atom is -0.368 e. The number of aryl methyl sites for hydroxylation is 1. The van der Waals surface area contributed by atoms with E-state index in [1.807, 2.05) is 13.0 Å². The van der Waals surface area contributed by atoms with Crippen LogP contribution in [-0.2, 0) is 6.54 Å². The summed E-state index contributed by atoms with van der Waals surface area (Å²) in [5, 5.41) is 9.38. The zero-order chi connectivity index (χ0) is 22.7. The maximum Gasteiger partial charge on any atom is 0.288 e. The molecule has 1 aliphatic heterocycles. The van der Waals surface area contributed by atoms with Crippen LogP contribution in [0, 0.1) is 12.7 Å². The van der Waals surface area contributed by atoms with E-state index >= 15 is 0 Å². The first-order valence-electron chi connectivity index (χ1n) is 10.1. The lowest BCUT2D eigenvalue weighted by Gasteiger charge is -2.36. The maximum atomic E-state index is 13.0. The van der Waals surface area contributed by atoms with Gasteiger partial charge in [0.2, 0.25) is 17.6 Å². The number of hydrogen-bond acceptors (Lipinski definition) is 9. The van der Waals surface area contributed by atoms with Gasteiger partial charge in [-0.3, -0.25) is 24.8 Å². The lowest BCUT2D eigenvalue weighted by Crippen LogP contribution is -2.46. The van der Waals surface area contributed by atoms with Gasteiger partial charge < -0.3 is 14.7 Å². The zero-order valence-corrected chi connectivity index (χ0v) is 17.7. The molecule has 3 aromatic rings. The normalized spacial score (nSPS) is 14.4. The minimum atomic E-state index is -0.957. The fraction of sp³-hybridized carbons (Fsp3) is 0.350. The van der Waals surface area contributed by atoms with Gasteiger partial charge in [-0.1, -0.05) is 5.16 Å². The van der Waals surface area contributed by atoms with E-state index in [2.05, 4.69) is 40.5 Å². The highest BCUT2D eigenvalue weighted by atomic mass is 19.1. The molecule has 1 amide bonds. The lowest BCUT2D eigenvalue weighted by atomic mass is 10.2. The molecule has 0 aliphatic carbocycles. The molecule has 4 rings (SSSR count). The number of nitrogens with zero attached hydrogens (tertiary/aromatic N) is 5. The summed E-state index contributed by atoms with van der Waals surface area (Å²) in [4.78, 5) is 38.0. The van der Waals surface area contributed by atoms with E-state index in [1.165, 1.54) is 0 Å². The first kappa shape index (κ1) is 21.4. The third-order valence-electron chi connectivity index (χ3n) is 5.17. The highest BCUT2D eigenvalue weighted by Gasteiger charge is 2.21. The third-order valence-corrected chi connectivity index (χ3v) is 5.17. The average molecular weight is 442 g/mol. The average Bonchev–Trinajstić information content (AvgIpc) is 3.23. The van der Waals surface area contributed by atoms with Crippen molar-refractivity contribution in [2.24, 2.45) is 0 Å².